The van der Waals surface area contributed by atoms with E-state index in [-0.39, 0.29) is 11.9 Å². The van der Waals surface area contributed by atoms with Gasteiger partial charge in [-0.1, -0.05) is 25.1 Å². The number of hydrogen-bond donors (Lipinski definition) is 1. The lowest BCUT2D eigenvalue weighted by Gasteiger charge is -2.19. The molecule has 1 N–H and O–H groups in total. The van der Waals surface area contributed by atoms with E-state index in [4.69, 9.17) is 4.74 Å². The first kappa shape index (κ1) is 16.2. The fourth-order valence-corrected chi connectivity index (χ4v) is 3.00. The van der Waals surface area contributed by atoms with E-state index in [2.05, 4.69) is 34.8 Å². The van der Waals surface area contributed by atoms with Crippen molar-refractivity contribution in [3.63, 3.8) is 0 Å². The highest BCUT2D eigenvalue weighted by Crippen LogP contribution is 2.27. The van der Waals surface area contributed by atoms with Gasteiger partial charge in [0.1, 0.15) is 11.6 Å². The number of rotatable bonds is 6. The zero-order chi connectivity index (χ0) is 15.2. The third-order valence-corrected chi connectivity index (χ3v) is 4.18. The second-order valence-electron chi connectivity index (χ2n) is 4.81. The Kier molecular flexibility index (Phi) is 5.99. The van der Waals surface area contributed by atoms with Gasteiger partial charge in [-0.25, -0.2) is 4.39 Å². The van der Waals surface area contributed by atoms with Gasteiger partial charge in [0.05, 0.1) is 12.6 Å². The molecular weight excluding hydrogens is 380 g/mol. The van der Waals surface area contributed by atoms with Crippen LogP contribution < -0.4 is 10.1 Å². The van der Waals surface area contributed by atoms with Gasteiger partial charge in [-0.2, -0.15) is 0 Å². The number of hydrogen-bond acceptors (Lipinski definition) is 2. The second-order valence-corrected chi connectivity index (χ2v) is 5.97. The van der Waals surface area contributed by atoms with Crippen LogP contribution in [0.4, 0.5) is 4.39 Å². The van der Waals surface area contributed by atoms with E-state index >= 15 is 0 Å². The zero-order valence-electron chi connectivity index (χ0n) is 12.2. The minimum absolute atomic E-state index is 0.0396. The molecule has 2 aromatic carbocycles. The SMILES string of the molecule is CCCOc1ccc(C(NC)c2ccc(F)cc2I)cc1. The van der Waals surface area contributed by atoms with Crippen molar-refractivity contribution in [1.82, 2.24) is 5.32 Å². The average Bonchev–Trinajstić information content (AvgIpc) is 2.49. The summed E-state index contributed by atoms with van der Waals surface area (Å²) in [5, 5.41) is 3.29. The summed E-state index contributed by atoms with van der Waals surface area (Å²) in [4.78, 5) is 0. The molecule has 4 heteroatoms. The molecule has 21 heavy (non-hydrogen) atoms. The number of halogens is 2. The highest BCUT2D eigenvalue weighted by molar-refractivity contribution is 14.1. The molecular formula is C17H19FINO. The van der Waals surface area contributed by atoms with Crippen LogP contribution in [-0.2, 0) is 0 Å². The Morgan fingerprint density at radius 1 is 1.19 bits per heavy atom. The van der Waals surface area contributed by atoms with Crippen LogP contribution in [0.3, 0.4) is 0 Å². The quantitative estimate of drug-likeness (QED) is 0.721. The molecule has 1 atom stereocenters. The molecule has 2 aromatic rings. The van der Waals surface area contributed by atoms with Gasteiger partial charge in [-0.3, -0.25) is 0 Å². The third kappa shape index (κ3) is 4.17. The maximum Gasteiger partial charge on any atom is 0.124 e. The van der Waals surface area contributed by atoms with E-state index in [1.54, 1.807) is 6.07 Å². The number of nitrogens with one attached hydrogen (secondary N) is 1. The molecule has 0 heterocycles. The van der Waals surface area contributed by atoms with Gasteiger partial charge >= 0.3 is 0 Å². The molecule has 0 saturated carbocycles. The molecule has 112 valence electrons. The molecule has 0 amide bonds. The second kappa shape index (κ2) is 7.75. The van der Waals surface area contributed by atoms with E-state index in [0.717, 1.165) is 33.5 Å². The summed E-state index contributed by atoms with van der Waals surface area (Å²) in [6, 6.07) is 13.0. The van der Waals surface area contributed by atoms with Crippen LogP contribution in [0.1, 0.15) is 30.5 Å². The first-order valence-corrected chi connectivity index (χ1v) is 8.08. The first-order valence-electron chi connectivity index (χ1n) is 7.00. The van der Waals surface area contributed by atoms with E-state index in [1.807, 2.05) is 37.4 Å². The van der Waals surface area contributed by atoms with Crippen molar-refractivity contribution in [3.05, 3.63) is 63.0 Å². The molecule has 2 nitrogen and oxygen atoms in total. The molecule has 0 bridgehead atoms. The molecule has 2 rings (SSSR count). The topological polar surface area (TPSA) is 21.3 Å². The number of ether oxygens (including phenoxy) is 1. The first-order chi connectivity index (χ1) is 10.2. The molecule has 0 aliphatic carbocycles. The van der Waals surface area contributed by atoms with Gasteiger partial charge in [-0.15, -0.1) is 0 Å². The summed E-state index contributed by atoms with van der Waals surface area (Å²) >= 11 is 2.17. The van der Waals surface area contributed by atoms with Crippen molar-refractivity contribution < 1.29 is 9.13 Å². The maximum atomic E-state index is 13.2. The summed E-state index contributed by atoms with van der Waals surface area (Å²) in [6.07, 6.45) is 0.995. The number of benzene rings is 2. The molecule has 0 saturated heterocycles. The van der Waals surface area contributed by atoms with Crippen LogP contribution in [0.25, 0.3) is 0 Å². The Morgan fingerprint density at radius 2 is 1.90 bits per heavy atom. The summed E-state index contributed by atoms with van der Waals surface area (Å²) in [5.74, 6) is 0.672. The summed E-state index contributed by atoms with van der Waals surface area (Å²) in [6.45, 7) is 2.81. The normalized spacial score (nSPS) is 12.2. The van der Waals surface area contributed by atoms with Crippen molar-refractivity contribution in [2.75, 3.05) is 13.7 Å². The monoisotopic (exact) mass is 399 g/mol. The van der Waals surface area contributed by atoms with E-state index in [1.165, 1.54) is 6.07 Å². The van der Waals surface area contributed by atoms with Crippen molar-refractivity contribution >= 4 is 22.6 Å². The largest absolute Gasteiger partial charge is 0.494 e. The highest BCUT2D eigenvalue weighted by Gasteiger charge is 2.15. The van der Waals surface area contributed by atoms with Crippen LogP contribution in [-0.4, -0.2) is 13.7 Å². The predicted molar refractivity (Wildman–Crippen MR) is 92.2 cm³/mol. The van der Waals surface area contributed by atoms with Gasteiger partial charge < -0.3 is 10.1 Å². The molecule has 0 radical (unpaired) electrons. The lowest BCUT2D eigenvalue weighted by Crippen LogP contribution is -2.18. The summed E-state index contributed by atoms with van der Waals surface area (Å²) in [5.41, 5.74) is 2.20. The molecule has 0 aliphatic heterocycles. The molecule has 1 unspecified atom stereocenters. The van der Waals surface area contributed by atoms with Crippen LogP contribution >= 0.6 is 22.6 Å². The van der Waals surface area contributed by atoms with Crippen LogP contribution in [0.5, 0.6) is 5.75 Å². The Morgan fingerprint density at radius 3 is 2.48 bits per heavy atom. The molecule has 0 aliphatic rings. The molecule has 0 aromatic heterocycles. The summed E-state index contributed by atoms with van der Waals surface area (Å²) < 4.78 is 19.8. The Hall–Kier alpha value is -1.14. The minimum Gasteiger partial charge on any atom is -0.494 e. The minimum atomic E-state index is -0.207. The predicted octanol–water partition coefficient (Wildman–Crippen LogP) is 4.53. The van der Waals surface area contributed by atoms with Crippen LogP contribution in [0.2, 0.25) is 0 Å². The standard InChI is InChI=1S/C17H19FINO/c1-3-10-21-14-7-4-12(5-8-14)17(20-2)15-9-6-13(18)11-16(15)19/h4-9,11,17,20H,3,10H2,1-2H3. The van der Waals surface area contributed by atoms with Gasteiger partial charge in [0.25, 0.3) is 0 Å². The molecule has 0 spiro atoms. The Labute approximate surface area is 138 Å². The van der Waals surface area contributed by atoms with E-state index in [9.17, 15) is 4.39 Å². The molecule has 0 fully saturated rings. The maximum absolute atomic E-state index is 13.2. The highest BCUT2D eigenvalue weighted by atomic mass is 127. The van der Waals surface area contributed by atoms with E-state index in [0.29, 0.717) is 0 Å². The Bertz CT molecular complexity index is 586. The van der Waals surface area contributed by atoms with Crippen LogP contribution in [0, 0.1) is 9.39 Å². The lowest BCUT2D eigenvalue weighted by molar-refractivity contribution is 0.317. The zero-order valence-corrected chi connectivity index (χ0v) is 14.4. The Balaban J connectivity index is 2.24. The average molecular weight is 399 g/mol. The van der Waals surface area contributed by atoms with Gasteiger partial charge in [-0.05, 0) is 71.5 Å². The van der Waals surface area contributed by atoms with Crippen molar-refractivity contribution in [3.8, 4) is 5.75 Å². The van der Waals surface area contributed by atoms with Crippen molar-refractivity contribution in [2.45, 2.75) is 19.4 Å². The van der Waals surface area contributed by atoms with Crippen molar-refractivity contribution in [1.29, 1.82) is 0 Å². The van der Waals surface area contributed by atoms with Gasteiger partial charge in [0.15, 0.2) is 0 Å². The fourth-order valence-electron chi connectivity index (χ4n) is 2.21. The van der Waals surface area contributed by atoms with Crippen LogP contribution in [0.15, 0.2) is 42.5 Å². The van der Waals surface area contributed by atoms with E-state index < -0.39 is 0 Å². The van der Waals surface area contributed by atoms with Gasteiger partial charge in [0.2, 0.25) is 0 Å². The smallest absolute Gasteiger partial charge is 0.124 e. The fraction of sp³-hybridized carbons (Fsp3) is 0.294. The van der Waals surface area contributed by atoms with Crippen molar-refractivity contribution in [2.24, 2.45) is 0 Å². The lowest BCUT2D eigenvalue weighted by atomic mass is 9.99. The van der Waals surface area contributed by atoms with Gasteiger partial charge in [0, 0.05) is 3.57 Å². The summed E-state index contributed by atoms with van der Waals surface area (Å²) in [7, 11) is 1.91. The third-order valence-electron chi connectivity index (χ3n) is 3.25.